The summed E-state index contributed by atoms with van der Waals surface area (Å²) >= 11 is 3.54. The number of hydrogen-bond donors (Lipinski definition) is 2. The molecule has 0 radical (unpaired) electrons. The van der Waals surface area contributed by atoms with E-state index in [0.717, 1.165) is 26.8 Å². The van der Waals surface area contributed by atoms with Gasteiger partial charge in [0, 0.05) is 36.0 Å². The van der Waals surface area contributed by atoms with Crippen molar-refractivity contribution >= 4 is 32.7 Å². The normalized spacial score (nSPS) is 12.5. The van der Waals surface area contributed by atoms with Crippen LogP contribution in [0.4, 0.5) is 5.69 Å². The fourth-order valence-corrected chi connectivity index (χ4v) is 2.88. The Morgan fingerprint density at radius 2 is 2.14 bits per heavy atom. The molecule has 5 nitrogen and oxygen atoms in total. The first-order valence-corrected chi connectivity index (χ1v) is 7.46. The van der Waals surface area contributed by atoms with Gasteiger partial charge in [0.1, 0.15) is 0 Å². The van der Waals surface area contributed by atoms with Crippen molar-refractivity contribution in [2.75, 3.05) is 11.9 Å². The van der Waals surface area contributed by atoms with Crippen molar-refractivity contribution in [2.24, 2.45) is 12.8 Å². The monoisotopic (exact) mass is 345 g/mol. The van der Waals surface area contributed by atoms with Crippen LogP contribution in [0.3, 0.4) is 0 Å². The zero-order valence-corrected chi connectivity index (χ0v) is 13.2. The van der Waals surface area contributed by atoms with Crippen molar-refractivity contribution in [3.8, 4) is 0 Å². The quantitative estimate of drug-likeness (QED) is 0.762. The number of halogens is 1. The van der Waals surface area contributed by atoms with E-state index in [-0.39, 0.29) is 6.04 Å². The zero-order chi connectivity index (χ0) is 14.8. The molecule has 3 aromatic rings. The summed E-state index contributed by atoms with van der Waals surface area (Å²) in [5, 5.41) is 8.62. The first-order chi connectivity index (χ1) is 10.2. The van der Waals surface area contributed by atoms with E-state index in [0.29, 0.717) is 6.54 Å². The molecule has 1 atom stereocenters. The molecule has 0 spiro atoms. The van der Waals surface area contributed by atoms with Crippen molar-refractivity contribution in [2.45, 2.75) is 6.04 Å². The predicted molar refractivity (Wildman–Crippen MR) is 88.1 cm³/mol. The first kappa shape index (κ1) is 14.0. The van der Waals surface area contributed by atoms with Crippen LogP contribution in [0.1, 0.15) is 11.6 Å². The third kappa shape index (κ3) is 2.77. The maximum atomic E-state index is 6.26. The average Bonchev–Trinajstić information content (AvgIpc) is 2.87. The van der Waals surface area contributed by atoms with Gasteiger partial charge in [-0.25, -0.2) is 4.98 Å². The number of aryl methyl sites for hydroxylation is 1. The van der Waals surface area contributed by atoms with E-state index >= 15 is 0 Å². The van der Waals surface area contributed by atoms with Crippen LogP contribution in [-0.4, -0.2) is 21.3 Å². The fraction of sp³-hybridized carbons (Fsp3) is 0.200. The van der Waals surface area contributed by atoms with Crippen molar-refractivity contribution < 1.29 is 0 Å². The standard InChI is InChI=1S/C15H16BrN5/c1-21-15-11(8-20-21)14(6-7-18-15)19-9-13(17)10-4-2-3-5-12(10)16/h2-8,13H,9,17H2,1H3,(H,18,19). The Balaban J connectivity index is 1.79. The van der Waals surface area contributed by atoms with Gasteiger partial charge in [0.2, 0.25) is 0 Å². The smallest absolute Gasteiger partial charge is 0.159 e. The van der Waals surface area contributed by atoms with Crippen LogP contribution < -0.4 is 11.1 Å². The van der Waals surface area contributed by atoms with Crippen LogP contribution in [0.15, 0.2) is 47.2 Å². The predicted octanol–water partition coefficient (Wildman–Crippen LogP) is 2.84. The van der Waals surface area contributed by atoms with E-state index in [2.05, 4.69) is 31.3 Å². The third-order valence-electron chi connectivity index (χ3n) is 3.45. The molecule has 1 aromatic carbocycles. The Kier molecular flexibility index (Phi) is 3.90. The van der Waals surface area contributed by atoms with Gasteiger partial charge in [0.25, 0.3) is 0 Å². The lowest BCUT2D eigenvalue weighted by Gasteiger charge is -2.16. The molecule has 0 bridgehead atoms. The molecule has 3 N–H and O–H groups in total. The van der Waals surface area contributed by atoms with Gasteiger partial charge >= 0.3 is 0 Å². The van der Waals surface area contributed by atoms with Gasteiger partial charge in [0.05, 0.1) is 11.6 Å². The van der Waals surface area contributed by atoms with Crippen LogP contribution >= 0.6 is 15.9 Å². The summed E-state index contributed by atoms with van der Waals surface area (Å²) in [6.45, 7) is 0.636. The van der Waals surface area contributed by atoms with E-state index in [1.165, 1.54) is 0 Å². The molecule has 0 aliphatic rings. The molecule has 6 heteroatoms. The Bertz CT molecular complexity index is 768. The lowest BCUT2D eigenvalue weighted by Crippen LogP contribution is -2.21. The van der Waals surface area contributed by atoms with E-state index in [9.17, 15) is 0 Å². The van der Waals surface area contributed by atoms with Crippen LogP contribution in [0.25, 0.3) is 11.0 Å². The number of nitrogens with zero attached hydrogens (tertiary/aromatic N) is 3. The molecule has 0 amide bonds. The summed E-state index contributed by atoms with van der Waals surface area (Å²) in [6, 6.07) is 9.85. The van der Waals surface area contributed by atoms with E-state index in [1.807, 2.05) is 43.6 Å². The number of nitrogens with two attached hydrogens (primary N) is 1. The van der Waals surface area contributed by atoms with Gasteiger partial charge in [0.15, 0.2) is 5.65 Å². The minimum absolute atomic E-state index is 0.0968. The fourth-order valence-electron chi connectivity index (χ4n) is 2.31. The summed E-state index contributed by atoms with van der Waals surface area (Å²) in [5.74, 6) is 0. The lowest BCUT2D eigenvalue weighted by molar-refractivity contribution is 0.761. The van der Waals surface area contributed by atoms with Crippen LogP contribution in [0.2, 0.25) is 0 Å². The molecular formula is C15H16BrN5. The second-order valence-corrected chi connectivity index (χ2v) is 5.73. The van der Waals surface area contributed by atoms with E-state index in [1.54, 1.807) is 10.9 Å². The number of anilines is 1. The molecule has 108 valence electrons. The molecule has 3 rings (SSSR count). The van der Waals surface area contributed by atoms with Gasteiger partial charge in [-0.1, -0.05) is 34.1 Å². The second-order valence-electron chi connectivity index (χ2n) is 4.87. The molecule has 0 saturated carbocycles. The summed E-state index contributed by atoms with van der Waals surface area (Å²) in [4.78, 5) is 4.32. The average molecular weight is 346 g/mol. The zero-order valence-electron chi connectivity index (χ0n) is 11.6. The summed E-state index contributed by atoms with van der Waals surface area (Å²) in [6.07, 6.45) is 3.59. The summed E-state index contributed by atoms with van der Waals surface area (Å²) in [7, 11) is 1.88. The van der Waals surface area contributed by atoms with Gasteiger partial charge < -0.3 is 11.1 Å². The summed E-state index contributed by atoms with van der Waals surface area (Å²) in [5.41, 5.74) is 9.20. The van der Waals surface area contributed by atoms with Gasteiger partial charge in [-0.15, -0.1) is 0 Å². The Hall–Kier alpha value is -1.92. The maximum Gasteiger partial charge on any atom is 0.159 e. The molecule has 1 unspecified atom stereocenters. The Morgan fingerprint density at radius 3 is 2.95 bits per heavy atom. The molecule has 0 saturated heterocycles. The van der Waals surface area contributed by atoms with Crippen molar-refractivity contribution in [1.82, 2.24) is 14.8 Å². The van der Waals surface area contributed by atoms with Crippen molar-refractivity contribution in [3.05, 3.63) is 52.8 Å². The molecule has 2 aromatic heterocycles. The first-order valence-electron chi connectivity index (χ1n) is 6.67. The Morgan fingerprint density at radius 1 is 1.33 bits per heavy atom. The molecule has 21 heavy (non-hydrogen) atoms. The number of fused-ring (bicyclic) bond motifs is 1. The highest BCUT2D eigenvalue weighted by Gasteiger charge is 2.11. The number of benzene rings is 1. The number of pyridine rings is 1. The number of nitrogens with one attached hydrogen (secondary N) is 1. The Labute approximate surface area is 131 Å². The van der Waals surface area contributed by atoms with Gasteiger partial charge in [-0.2, -0.15) is 5.10 Å². The highest BCUT2D eigenvalue weighted by Crippen LogP contribution is 2.24. The SMILES string of the molecule is Cn1ncc2c(NCC(N)c3ccccc3Br)ccnc21. The van der Waals surface area contributed by atoms with Crippen molar-refractivity contribution in [1.29, 1.82) is 0 Å². The second kappa shape index (κ2) is 5.83. The molecule has 0 aliphatic carbocycles. The van der Waals surface area contributed by atoms with Crippen LogP contribution in [-0.2, 0) is 7.05 Å². The van der Waals surface area contributed by atoms with Crippen LogP contribution in [0.5, 0.6) is 0 Å². The summed E-state index contributed by atoms with van der Waals surface area (Å²) < 4.78 is 2.79. The number of rotatable bonds is 4. The third-order valence-corrected chi connectivity index (χ3v) is 4.17. The molecular weight excluding hydrogens is 330 g/mol. The molecule has 0 fully saturated rings. The minimum Gasteiger partial charge on any atom is -0.382 e. The van der Waals surface area contributed by atoms with E-state index in [4.69, 9.17) is 5.73 Å². The topological polar surface area (TPSA) is 68.8 Å². The van der Waals surface area contributed by atoms with Crippen molar-refractivity contribution in [3.63, 3.8) is 0 Å². The van der Waals surface area contributed by atoms with Gasteiger partial charge in [-0.3, -0.25) is 4.68 Å². The molecule has 0 aliphatic heterocycles. The minimum atomic E-state index is -0.0968. The lowest BCUT2D eigenvalue weighted by atomic mass is 10.1. The highest BCUT2D eigenvalue weighted by atomic mass is 79.9. The van der Waals surface area contributed by atoms with E-state index < -0.39 is 0 Å². The van der Waals surface area contributed by atoms with Crippen LogP contribution in [0, 0.1) is 0 Å². The number of aromatic nitrogens is 3. The van der Waals surface area contributed by atoms with Gasteiger partial charge in [-0.05, 0) is 17.7 Å². The number of hydrogen-bond acceptors (Lipinski definition) is 4. The molecule has 2 heterocycles. The largest absolute Gasteiger partial charge is 0.382 e. The maximum absolute atomic E-state index is 6.26. The highest BCUT2D eigenvalue weighted by molar-refractivity contribution is 9.10.